The lowest BCUT2D eigenvalue weighted by molar-refractivity contribution is 0.0876. The van der Waals surface area contributed by atoms with E-state index in [0.717, 1.165) is 5.56 Å². The van der Waals surface area contributed by atoms with Crippen LogP contribution in [0.4, 0.5) is 4.39 Å². The Hall–Kier alpha value is -1.38. The number of ketones is 1. The molecule has 0 saturated carbocycles. The molecule has 1 atom stereocenters. The molecule has 1 aliphatic rings. The van der Waals surface area contributed by atoms with Gasteiger partial charge in [0.2, 0.25) is 5.78 Å². The molecule has 0 N–H and O–H groups in total. The molecular weight excluding hydrogens is 171 g/mol. The minimum absolute atomic E-state index is 0.104. The molecule has 0 amide bonds. The van der Waals surface area contributed by atoms with Crippen molar-refractivity contribution in [1.82, 2.24) is 0 Å². The zero-order valence-electron chi connectivity index (χ0n) is 7.43. The molecule has 2 nitrogen and oxygen atoms in total. The van der Waals surface area contributed by atoms with Crippen LogP contribution in [0, 0.1) is 12.7 Å². The third-order valence-electron chi connectivity index (χ3n) is 2.21. The number of Topliss-reactive ketones (excluding diaryl/α,β-unsaturated/α-hetero) is 1. The molecule has 0 bridgehead atoms. The summed E-state index contributed by atoms with van der Waals surface area (Å²) in [5.41, 5.74) is 0.904. The summed E-state index contributed by atoms with van der Waals surface area (Å²) in [6.07, 6.45) is -0.550. The van der Waals surface area contributed by atoms with Gasteiger partial charge in [-0.05, 0) is 25.5 Å². The third kappa shape index (κ3) is 1.03. The van der Waals surface area contributed by atoms with Crippen LogP contribution >= 0.6 is 0 Å². The molecule has 13 heavy (non-hydrogen) atoms. The average Bonchev–Trinajstić information content (AvgIpc) is 2.38. The standard InChI is InChI=1S/C10H9FO2/c1-5-3-4-7(11)8-9(12)6(2)13-10(5)8/h3-4,6H,1-2H3. The molecule has 0 aliphatic carbocycles. The first-order valence-electron chi connectivity index (χ1n) is 4.11. The van der Waals surface area contributed by atoms with Crippen LogP contribution < -0.4 is 4.74 Å². The lowest BCUT2D eigenvalue weighted by atomic mass is 10.1. The third-order valence-corrected chi connectivity index (χ3v) is 2.21. The first-order valence-corrected chi connectivity index (χ1v) is 4.11. The fourth-order valence-electron chi connectivity index (χ4n) is 1.48. The van der Waals surface area contributed by atoms with Gasteiger partial charge in [0, 0.05) is 0 Å². The first kappa shape index (κ1) is 8.23. The molecule has 1 aromatic carbocycles. The smallest absolute Gasteiger partial charge is 0.209 e. The predicted octanol–water partition coefficient (Wildman–Crippen LogP) is 2.10. The van der Waals surface area contributed by atoms with Crippen molar-refractivity contribution < 1.29 is 13.9 Å². The van der Waals surface area contributed by atoms with Gasteiger partial charge in [-0.2, -0.15) is 0 Å². The molecule has 3 heteroatoms. The number of rotatable bonds is 0. The summed E-state index contributed by atoms with van der Waals surface area (Å²) in [6.45, 7) is 3.42. The summed E-state index contributed by atoms with van der Waals surface area (Å²) in [6, 6.07) is 2.91. The topological polar surface area (TPSA) is 26.3 Å². The molecule has 1 heterocycles. The van der Waals surface area contributed by atoms with Gasteiger partial charge in [0.15, 0.2) is 6.10 Å². The molecule has 0 aromatic heterocycles. The highest BCUT2D eigenvalue weighted by Gasteiger charge is 2.32. The second kappa shape index (κ2) is 2.55. The van der Waals surface area contributed by atoms with Crippen molar-refractivity contribution in [1.29, 1.82) is 0 Å². The zero-order chi connectivity index (χ0) is 9.59. The number of carbonyl (C=O) groups excluding carboxylic acids is 1. The Labute approximate surface area is 75.3 Å². The van der Waals surface area contributed by atoms with Crippen molar-refractivity contribution >= 4 is 5.78 Å². The van der Waals surface area contributed by atoms with Gasteiger partial charge in [0.25, 0.3) is 0 Å². The van der Waals surface area contributed by atoms with Gasteiger partial charge in [-0.25, -0.2) is 4.39 Å². The maximum atomic E-state index is 13.2. The molecular formula is C10H9FO2. The van der Waals surface area contributed by atoms with E-state index in [0.29, 0.717) is 5.75 Å². The van der Waals surface area contributed by atoms with Crippen LogP contribution in [0.5, 0.6) is 5.75 Å². The normalized spacial score (nSPS) is 19.9. The molecule has 1 unspecified atom stereocenters. The molecule has 2 rings (SSSR count). The van der Waals surface area contributed by atoms with Gasteiger partial charge >= 0.3 is 0 Å². The number of hydrogen-bond donors (Lipinski definition) is 0. The lowest BCUT2D eigenvalue weighted by Gasteiger charge is -2.03. The SMILES string of the molecule is Cc1ccc(F)c2c1OC(C)C2=O. The number of fused-ring (bicyclic) bond motifs is 1. The minimum atomic E-state index is -0.550. The Morgan fingerprint density at radius 2 is 2.15 bits per heavy atom. The van der Waals surface area contributed by atoms with Crippen molar-refractivity contribution in [2.24, 2.45) is 0 Å². The van der Waals surface area contributed by atoms with E-state index in [4.69, 9.17) is 4.74 Å². The zero-order valence-corrected chi connectivity index (χ0v) is 7.43. The van der Waals surface area contributed by atoms with Crippen molar-refractivity contribution in [3.8, 4) is 5.75 Å². The summed E-state index contributed by atoms with van der Waals surface area (Å²) in [5, 5.41) is 0. The van der Waals surface area contributed by atoms with E-state index < -0.39 is 11.9 Å². The van der Waals surface area contributed by atoms with Crippen LogP contribution in [-0.2, 0) is 0 Å². The Morgan fingerprint density at radius 3 is 2.77 bits per heavy atom. The van der Waals surface area contributed by atoms with E-state index in [1.165, 1.54) is 6.07 Å². The Balaban J connectivity index is 2.68. The maximum absolute atomic E-state index is 13.2. The van der Waals surface area contributed by atoms with Crippen LogP contribution in [0.15, 0.2) is 12.1 Å². The summed E-state index contributed by atoms with van der Waals surface area (Å²) in [7, 11) is 0. The van der Waals surface area contributed by atoms with E-state index in [9.17, 15) is 9.18 Å². The van der Waals surface area contributed by atoms with E-state index >= 15 is 0 Å². The summed E-state index contributed by atoms with van der Waals surface area (Å²) in [5.74, 6) is -0.358. The Kier molecular flexibility index (Phi) is 1.62. The summed E-state index contributed by atoms with van der Waals surface area (Å²) < 4.78 is 18.4. The van der Waals surface area contributed by atoms with Crippen molar-refractivity contribution in [3.05, 3.63) is 29.1 Å². The number of halogens is 1. The van der Waals surface area contributed by atoms with Gasteiger partial charge in [-0.1, -0.05) is 6.07 Å². The van der Waals surface area contributed by atoms with Crippen LogP contribution in [-0.4, -0.2) is 11.9 Å². The van der Waals surface area contributed by atoms with E-state index in [2.05, 4.69) is 0 Å². The summed E-state index contributed by atoms with van der Waals surface area (Å²) >= 11 is 0. The maximum Gasteiger partial charge on any atom is 0.209 e. The van der Waals surface area contributed by atoms with Crippen molar-refractivity contribution in [2.45, 2.75) is 20.0 Å². The van der Waals surface area contributed by atoms with Crippen molar-refractivity contribution in [2.75, 3.05) is 0 Å². The highest BCUT2D eigenvalue weighted by molar-refractivity contribution is 6.04. The fourth-order valence-corrected chi connectivity index (χ4v) is 1.48. The number of ether oxygens (including phenoxy) is 1. The van der Waals surface area contributed by atoms with Gasteiger partial charge in [-0.15, -0.1) is 0 Å². The Morgan fingerprint density at radius 1 is 1.46 bits per heavy atom. The first-order chi connectivity index (χ1) is 6.11. The Bertz CT molecular complexity index is 385. The summed E-state index contributed by atoms with van der Waals surface area (Å²) in [4.78, 5) is 11.4. The number of aryl methyl sites for hydroxylation is 1. The highest BCUT2D eigenvalue weighted by Crippen LogP contribution is 2.33. The van der Waals surface area contributed by atoms with Crippen molar-refractivity contribution in [3.63, 3.8) is 0 Å². The molecule has 1 aliphatic heterocycles. The van der Waals surface area contributed by atoms with Crippen LogP contribution in [0.1, 0.15) is 22.8 Å². The minimum Gasteiger partial charge on any atom is -0.481 e. The van der Waals surface area contributed by atoms with E-state index in [-0.39, 0.29) is 11.3 Å². The second-order valence-corrected chi connectivity index (χ2v) is 3.19. The van der Waals surface area contributed by atoms with Gasteiger partial charge in [0.05, 0.1) is 5.56 Å². The van der Waals surface area contributed by atoms with E-state index in [1.807, 2.05) is 0 Å². The second-order valence-electron chi connectivity index (χ2n) is 3.19. The number of benzene rings is 1. The largest absolute Gasteiger partial charge is 0.481 e. The lowest BCUT2D eigenvalue weighted by Crippen LogP contribution is -2.15. The van der Waals surface area contributed by atoms with Crippen LogP contribution in [0.3, 0.4) is 0 Å². The molecule has 0 saturated heterocycles. The molecule has 0 spiro atoms. The van der Waals surface area contributed by atoms with Crippen LogP contribution in [0.25, 0.3) is 0 Å². The highest BCUT2D eigenvalue weighted by atomic mass is 19.1. The average molecular weight is 180 g/mol. The van der Waals surface area contributed by atoms with Gasteiger partial charge < -0.3 is 4.74 Å². The van der Waals surface area contributed by atoms with Gasteiger partial charge in [-0.3, -0.25) is 4.79 Å². The van der Waals surface area contributed by atoms with Gasteiger partial charge in [0.1, 0.15) is 11.6 Å². The molecule has 68 valence electrons. The van der Waals surface area contributed by atoms with E-state index in [1.54, 1.807) is 19.9 Å². The monoisotopic (exact) mass is 180 g/mol. The quantitative estimate of drug-likeness (QED) is 0.611. The predicted molar refractivity (Wildman–Crippen MR) is 45.6 cm³/mol. The molecule has 0 fully saturated rings. The van der Waals surface area contributed by atoms with Crippen LogP contribution in [0.2, 0.25) is 0 Å². The number of carbonyl (C=O) groups is 1. The fraction of sp³-hybridized carbons (Fsp3) is 0.300. The number of hydrogen-bond acceptors (Lipinski definition) is 2. The molecule has 0 radical (unpaired) electrons. The molecule has 1 aromatic rings.